The molecule has 0 aromatic carbocycles. The summed E-state index contributed by atoms with van der Waals surface area (Å²) in [5.41, 5.74) is 0. The molecule has 18 heavy (non-hydrogen) atoms. The highest BCUT2D eigenvalue weighted by Crippen LogP contribution is 1.99. The van der Waals surface area contributed by atoms with Gasteiger partial charge in [-0.1, -0.05) is 20.8 Å². The van der Waals surface area contributed by atoms with Crippen LogP contribution in [-0.4, -0.2) is 49.1 Å². The molecule has 1 amide bonds. The maximum atomic E-state index is 11.6. The Kier molecular flexibility index (Phi) is 9.98. The first-order valence-corrected chi connectivity index (χ1v) is 7.21. The fraction of sp³-hybridized carbons (Fsp3) is 0.929. The van der Waals surface area contributed by atoms with Crippen LogP contribution in [-0.2, 0) is 4.79 Å². The summed E-state index contributed by atoms with van der Waals surface area (Å²) < 4.78 is 0. The van der Waals surface area contributed by atoms with Gasteiger partial charge in [0.2, 0.25) is 5.91 Å². The van der Waals surface area contributed by atoms with Crippen molar-refractivity contribution in [3.8, 4) is 0 Å². The van der Waals surface area contributed by atoms with Crippen molar-refractivity contribution in [1.29, 1.82) is 0 Å². The molecule has 4 nitrogen and oxygen atoms in total. The fourth-order valence-electron chi connectivity index (χ4n) is 1.72. The number of rotatable bonds is 10. The van der Waals surface area contributed by atoms with Crippen molar-refractivity contribution < 1.29 is 4.79 Å². The molecular weight excluding hydrogens is 226 g/mol. The average Bonchev–Trinajstić information content (AvgIpc) is 2.29. The quantitative estimate of drug-likeness (QED) is 0.625. The maximum Gasteiger partial charge on any atom is 0.221 e. The van der Waals surface area contributed by atoms with Crippen LogP contribution in [0.4, 0.5) is 0 Å². The van der Waals surface area contributed by atoms with Gasteiger partial charge in [0, 0.05) is 44.7 Å². The molecule has 0 bridgehead atoms. The molecule has 0 rings (SSSR count). The lowest BCUT2D eigenvalue weighted by Gasteiger charge is -2.26. The van der Waals surface area contributed by atoms with Crippen molar-refractivity contribution >= 4 is 5.91 Å². The molecular formula is C14H31N3O. The summed E-state index contributed by atoms with van der Waals surface area (Å²) in [6, 6.07) is 1.00. The molecule has 0 fully saturated rings. The predicted molar refractivity (Wildman–Crippen MR) is 77.8 cm³/mol. The van der Waals surface area contributed by atoms with E-state index in [1.807, 2.05) is 0 Å². The van der Waals surface area contributed by atoms with Crippen LogP contribution in [0.3, 0.4) is 0 Å². The molecule has 0 aromatic rings. The van der Waals surface area contributed by atoms with Gasteiger partial charge in [-0.2, -0.15) is 0 Å². The fourth-order valence-corrected chi connectivity index (χ4v) is 1.72. The molecule has 0 aliphatic rings. The van der Waals surface area contributed by atoms with E-state index in [1.54, 1.807) is 0 Å². The van der Waals surface area contributed by atoms with Crippen molar-refractivity contribution in [3.63, 3.8) is 0 Å². The van der Waals surface area contributed by atoms with Gasteiger partial charge in [0.25, 0.3) is 0 Å². The highest BCUT2D eigenvalue weighted by molar-refractivity contribution is 5.75. The first kappa shape index (κ1) is 17.4. The van der Waals surface area contributed by atoms with Crippen molar-refractivity contribution in [1.82, 2.24) is 15.5 Å². The molecule has 0 atom stereocenters. The van der Waals surface area contributed by atoms with Crippen LogP contribution in [0.25, 0.3) is 0 Å². The molecule has 0 radical (unpaired) electrons. The van der Waals surface area contributed by atoms with Crippen molar-refractivity contribution in [2.24, 2.45) is 0 Å². The van der Waals surface area contributed by atoms with E-state index in [0.29, 0.717) is 18.5 Å². The lowest BCUT2D eigenvalue weighted by atomic mass is 10.2. The molecule has 0 unspecified atom stereocenters. The van der Waals surface area contributed by atoms with Crippen LogP contribution in [0, 0.1) is 0 Å². The van der Waals surface area contributed by atoms with E-state index in [2.05, 4.69) is 50.2 Å². The summed E-state index contributed by atoms with van der Waals surface area (Å²) >= 11 is 0. The third kappa shape index (κ3) is 9.42. The van der Waals surface area contributed by atoms with Gasteiger partial charge in [-0.15, -0.1) is 0 Å². The normalized spacial score (nSPS) is 11.6. The lowest BCUT2D eigenvalue weighted by Crippen LogP contribution is -2.40. The van der Waals surface area contributed by atoms with E-state index in [4.69, 9.17) is 0 Å². The molecule has 0 spiro atoms. The zero-order valence-electron chi connectivity index (χ0n) is 12.8. The summed E-state index contributed by atoms with van der Waals surface area (Å²) in [5.74, 6) is 0.166. The van der Waals surface area contributed by atoms with Crippen LogP contribution in [0.5, 0.6) is 0 Å². The van der Waals surface area contributed by atoms with Gasteiger partial charge in [0.05, 0.1) is 0 Å². The SMILES string of the molecule is CCCNC(=O)CCN(CCNC(C)C)C(C)C. The van der Waals surface area contributed by atoms with Crippen LogP contribution < -0.4 is 10.6 Å². The molecule has 0 heterocycles. The first-order valence-electron chi connectivity index (χ1n) is 7.21. The summed E-state index contributed by atoms with van der Waals surface area (Å²) in [5, 5.41) is 6.33. The van der Waals surface area contributed by atoms with Gasteiger partial charge >= 0.3 is 0 Å². The van der Waals surface area contributed by atoms with Crippen molar-refractivity contribution in [2.75, 3.05) is 26.2 Å². The van der Waals surface area contributed by atoms with Crippen LogP contribution >= 0.6 is 0 Å². The lowest BCUT2D eigenvalue weighted by molar-refractivity contribution is -0.121. The summed E-state index contributed by atoms with van der Waals surface area (Å²) in [6.07, 6.45) is 1.60. The Hall–Kier alpha value is -0.610. The van der Waals surface area contributed by atoms with E-state index >= 15 is 0 Å². The summed E-state index contributed by atoms with van der Waals surface area (Å²) in [6.45, 7) is 14.3. The van der Waals surface area contributed by atoms with Crippen LogP contribution in [0.1, 0.15) is 47.5 Å². The van der Waals surface area contributed by atoms with Gasteiger partial charge in [-0.05, 0) is 20.3 Å². The Morgan fingerprint density at radius 1 is 1.11 bits per heavy atom. The second kappa shape index (κ2) is 10.3. The topological polar surface area (TPSA) is 44.4 Å². The largest absolute Gasteiger partial charge is 0.356 e. The molecule has 2 N–H and O–H groups in total. The average molecular weight is 257 g/mol. The highest BCUT2D eigenvalue weighted by Gasteiger charge is 2.11. The van der Waals surface area contributed by atoms with Gasteiger partial charge in [0.1, 0.15) is 0 Å². The van der Waals surface area contributed by atoms with E-state index in [1.165, 1.54) is 0 Å². The van der Waals surface area contributed by atoms with Crippen molar-refractivity contribution in [3.05, 3.63) is 0 Å². The zero-order valence-corrected chi connectivity index (χ0v) is 12.8. The summed E-state index contributed by atoms with van der Waals surface area (Å²) in [7, 11) is 0. The predicted octanol–water partition coefficient (Wildman–Crippen LogP) is 1.61. The summed E-state index contributed by atoms with van der Waals surface area (Å²) in [4.78, 5) is 13.9. The Morgan fingerprint density at radius 2 is 1.78 bits per heavy atom. The Labute approximate surface area is 113 Å². The van der Waals surface area contributed by atoms with E-state index in [-0.39, 0.29) is 5.91 Å². The second-order valence-electron chi connectivity index (χ2n) is 5.34. The molecule has 0 aliphatic heterocycles. The number of hydrogen-bond acceptors (Lipinski definition) is 3. The molecule has 4 heteroatoms. The van der Waals surface area contributed by atoms with E-state index < -0.39 is 0 Å². The number of carbonyl (C=O) groups excluding carboxylic acids is 1. The molecule has 108 valence electrons. The minimum absolute atomic E-state index is 0.166. The maximum absolute atomic E-state index is 11.6. The third-order valence-electron chi connectivity index (χ3n) is 2.88. The number of nitrogens with zero attached hydrogens (tertiary/aromatic N) is 1. The van der Waals surface area contributed by atoms with Gasteiger partial charge < -0.3 is 10.6 Å². The van der Waals surface area contributed by atoms with E-state index in [9.17, 15) is 4.79 Å². The Morgan fingerprint density at radius 3 is 2.28 bits per heavy atom. The standard InChI is InChI=1S/C14H31N3O/c1-6-8-16-14(18)7-10-17(13(4)5)11-9-15-12(2)3/h12-13,15H,6-11H2,1-5H3,(H,16,18). The Bertz CT molecular complexity index is 217. The minimum atomic E-state index is 0.166. The third-order valence-corrected chi connectivity index (χ3v) is 2.88. The van der Waals surface area contributed by atoms with Gasteiger partial charge in [-0.3, -0.25) is 9.69 Å². The monoisotopic (exact) mass is 257 g/mol. The molecule has 0 saturated heterocycles. The molecule has 0 aliphatic carbocycles. The number of hydrogen-bond donors (Lipinski definition) is 2. The van der Waals surface area contributed by atoms with Crippen LogP contribution in [0.2, 0.25) is 0 Å². The van der Waals surface area contributed by atoms with Gasteiger partial charge in [-0.25, -0.2) is 0 Å². The second-order valence-corrected chi connectivity index (χ2v) is 5.34. The van der Waals surface area contributed by atoms with E-state index in [0.717, 1.165) is 32.6 Å². The Balaban J connectivity index is 3.86. The van der Waals surface area contributed by atoms with Crippen LogP contribution in [0.15, 0.2) is 0 Å². The molecule has 0 aromatic heterocycles. The van der Waals surface area contributed by atoms with Gasteiger partial charge in [0.15, 0.2) is 0 Å². The molecule has 0 saturated carbocycles. The first-order chi connectivity index (χ1) is 8.47. The zero-order chi connectivity index (χ0) is 14.0. The highest BCUT2D eigenvalue weighted by atomic mass is 16.1. The number of nitrogens with one attached hydrogen (secondary N) is 2. The number of carbonyl (C=O) groups is 1. The van der Waals surface area contributed by atoms with Crippen molar-refractivity contribution in [2.45, 2.75) is 59.5 Å². The minimum Gasteiger partial charge on any atom is -0.356 e. The number of amides is 1. The smallest absolute Gasteiger partial charge is 0.221 e.